The fraction of sp³-hybridized carbons (Fsp3) is 0.542. The summed E-state index contributed by atoms with van der Waals surface area (Å²) < 4.78 is 1.87. The maximum atomic E-state index is 13.2. The maximum Gasteiger partial charge on any atom is 0.257 e. The van der Waals surface area contributed by atoms with Gasteiger partial charge in [-0.15, -0.1) is 0 Å². The van der Waals surface area contributed by atoms with Crippen LogP contribution in [0.15, 0.2) is 30.5 Å². The Labute approximate surface area is 178 Å². The molecule has 1 saturated heterocycles. The molecular formula is C24H32N4O2. The van der Waals surface area contributed by atoms with Crippen molar-refractivity contribution in [1.29, 1.82) is 0 Å². The van der Waals surface area contributed by atoms with Crippen LogP contribution in [0.25, 0.3) is 5.69 Å². The molecule has 1 aromatic carbocycles. The largest absolute Gasteiger partial charge is 0.339 e. The van der Waals surface area contributed by atoms with Crippen molar-refractivity contribution in [2.45, 2.75) is 52.4 Å². The number of amides is 2. The average Bonchev–Trinajstić information content (AvgIpc) is 3.43. The second-order valence-corrected chi connectivity index (χ2v) is 8.63. The second-order valence-electron chi connectivity index (χ2n) is 8.63. The summed E-state index contributed by atoms with van der Waals surface area (Å²) in [7, 11) is 0. The van der Waals surface area contributed by atoms with Gasteiger partial charge in [0.2, 0.25) is 5.91 Å². The number of nitrogens with zero attached hydrogens (tertiary/aromatic N) is 4. The first-order valence-electron chi connectivity index (χ1n) is 11.3. The molecule has 6 heteroatoms. The van der Waals surface area contributed by atoms with Crippen molar-refractivity contribution in [2.24, 2.45) is 5.92 Å². The molecule has 1 saturated carbocycles. The van der Waals surface area contributed by atoms with Gasteiger partial charge < -0.3 is 9.80 Å². The lowest BCUT2D eigenvalue weighted by Crippen LogP contribution is -2.50. The lowest BCUT2D eigenvalue weighted by atomic mass is 10.0. The van der Waals surface area contributed by atoms with Crippen molar-refractivity contribution in [3.8, 4) is 5.69 Å². The van der Waals surface area contributed by atoms with Gasteiger partial charge >= 0.3 is 0 Å². The molecule has 0 N–H and O–H groups in total. The SMILES string of the molecule is CCc1c(C(=O)N2CCN(C(=O)CC3CCCC3)CC2)cnn1-c1ccc(C)cc1. The van der Waals surface area contributed by atoms with E-state index in [1.807, 2.05) is 26.6 Å². The van der Waals surface area contributed by atoms with E-state index in [9.17, 15) is 9.59 Å². The van der Waals surface area contributed by atoms with Crippen LogP contribution >= 0.6 is 0 Å². The Hall–Kier alpha value is -2.63. The van der Waals surface area contributed by atoms with Crippen LogP contribution < -0.4 is 0 Å². The van der Waals surface area contributed by atoms with Gasteiger partial charge in [0, 0.05) is 32.6 Å². The van der Waals surface area contributed by atoms with E-state index in [4.69, 9.17) is 0 Å². The highest BCUT2D eigenvalue weighted by atomic mass is 16.2. The molecule has 1 aliphatic carbocycles. The van der Waals surface area contributed by atoms with Crippen LogP contribution in [-0.4, -0.2) is 57.6 Å². The first kappa shape index (κ1) is 20.6. The van der Waals surface area contributed by atoms with Crippen molar-refractivity contribution in [3.63, 3.8) is 0 Å². The molecule has 2 fully saturated rings. The van der Waals surface area contributed by atoms with Crippen LogP contribution in [0.3, 0.4) is 0 Å². The highest BCUT2D eigenvalue weighted by molar-refractivity contribution is 5.95. The van der Waals surface area contributed by atoms with Gasteiger partial charge in [-0.25, -0.2) is 4.68 Å². The van der Waals surface area contributed by atoms with Crippen molar-refractivity contribution in [3.05, 3.63) is 47.3 Å². The molecule has 160 valence electrons. The predicted octanol–water partition coefficient (Wildman–Crippen LogP) is 3.61. The van der Waals surface area contributed by atoms with Crippen LogP contribution in [0.5, 0.6) is 0 Å². The molecular weight excluding hydrogens is 376 g/mol. The number of piperazine rings is 1. The summed E-state index contributed by atoms with van der Waals surface area (Å²) in [5.41, 5.74) is 3.77. The minimum atomic E-state index is 0.0214. The fourth-order valence-corrected chi connectivity index (χ4v) is 4.72. The number of carbonyl (C=O) groups is 2. The summed E-state index contributed by atoms with van der Waals surface area (Å²) in [4.78, 5) is 29.6. The minimum Gasteiger partial charge on any atom is -0.339 e. The highest BCUT2D eigenvalue weighted by Gasteiger charge is 2.29. The third-order valence-electron chi connectivity index (χ3n) is 6.57. The van der Waals surface area contributed by atoms with Gasteiger partial charge in [0.25, 0.3) is 5.91 Å². The third kappa shape index (κ3) is 4.27. The van der Waals surface area contributed by atoms with E-state index in [1.165, 1.54) is 31.2 Å². The van der Waals surface area contributed by atoms with Gasteiger partial charge in [0.05, 0.1) is 23.1 Å². The lowest BCUT2D eigenvalue weighted by Gasteiger charge is -2.35. The van der Waals surface area contributed by atoms with E-state index >= 15 is 0 Å². The van der Waals surface area contributed by atoms with Crippen LogP contribution in [0.2, 0.25) is 0 Å². The van der Waals surface area contributed by atoms with Gasteiger partial charge in [0.1, 0.15) is 0 Å². The molecule has 1 aliphatic heterocycles. The van der Waals surface area contributed by atoms with Gasteiger partial charge in [-0.1, -0.05) is 37.5 Å². The first-order chi connectivity index (χ1) is 14.6. The predicted molar refractivity (Wildman–Crippen MR) is 117 cm³/mol. The average molecular weight is 409 g/mol. The molecule has 2 aliphatic rings. The molecule has 0 atom stereocenters. The third-order valence-corrected chi connectivity index (χ3v) is 6.57. The Kier molecular flexibility index (Phi) is 6.21. The van der Waals surface area contributed by atoms with Gasteiger partial charge in [-0.3, -0.25) is 9.59 Å². The molecule has 2 heterocycles. The summed E-state index contributed by atoms with van der Waals surface area (Å²) in [5, 5.41) is 4.51. The Morgan fingerprint density at radius 1 is 1.00 bits per heavy atom. The monoisotopic (exact) mass is 408 g/mol. The number of aromatic nitrogens is 2. The fourth-order valence-electron chi connectivity index (χ4n) is 4.72. The molecule has 0 radical (unpaired) electrons. The van der Waals surface area contributed by atoms with Crippen molar-refractivity contribution in [1.82, 2.24) is 19.6 Å². The number of hydrogen-bond donors (Lipinski definition) is 0. The molecule has 1 aromatic heterocycles. The van der Waals surface area contributed by atoms with E-state index < -0.39 is 0 Å². The van der Waals surface area contributed by atoms with Crippen LogP contribution in [0.4, 0.5) is 0 Å². The summed E-state index contributed by atoms with van der Waals surface area (Å²) in [5.74, 6) is 0.848. The smallest absolute Gasteiger partial charge is 0.257 e. The molecule has 30 heavy (non-hydrogen) atoms. The zero-order valence-electron chi connectivity index (χ0n) is 18.1. The summed E-state index contributed by atoms with van der Waals surface area (Å²) in [6, 6.07) is 8.18. The Morgan fingerprint density at radius 3 is 2.27 bits per heavy atom. The molecule has 0 unspecified atom stereocenters. The number of rotatable bonds is 5. The van der Waals surface area contributed by atoms with E-state index in [-0.39, 0.29) is 11.8 Å². The number of aryl methyl sites for hydroxylation is 1. The van der Waals surface area contributed by atoms with E-state index in [2.05, 4.69) is 31.1 Å². The van der Waals surface area contributed by atoms with E-state index in [0.717, 1.165) is 17.8 Å². The Balaban J connectivity index is 1.40. The number of carbonyl (C=O) groups excluding carboxylic acids is 2. The number of hydrogen-bond acceptors (Lipinski definition) is 3. The standard InChI is InChI=1S/C24H32N4O2/c1-3-22-21(17-25-28(22)20-10-8-18(2)9-11-20)24(30)27-14-12-26(13-15-27)23(29)16-19-6-4-5-7-19/h8-11,17,19H,3-7,12-16H2,1-2H3. The van der Waals surface area contributed by atoms with Crippen molar-refractivity contribution in [2.75, 3.05) is 26.2 Å². The van der Waals surface area contributed by atoms with E-state index in [1.54, 1.807) is 6.20 Å². The van der Waals surface area contributed by atoms with Crippen molar-refractivity contribution < 1.29 is 9.59 Å². The van der Waals surface area contributed by atoms with Gasteiger partial charge in [-0.2, -0.15) is 5.10 Å². The van der Waals surface area contributed by atoms with Crippen LogP contribution in [0, 0.1) is 12.8 Å². The van der Waals surface area contributed by atoms with Crippen LogP contribution in [-0.2, 0) is 11.2 Å². The van der Waals surface area contributed by atoms with E-state index in [0.29, 0.717) is 44.1 Å². The molecule has 4 rings (SSSR count). The quantitative estimate of drug-likeness (QED) is 0.759. The minimum absolute atomic E-state index is 0.0214. The zero-order valence-corrected chi connectivity index (χ0v) is 18.1. The molecule has 0 bridgehead atoms. The Morgan fingerprint density at radius 2 is 1.63 bits per heavy atom. The van der Waals surface area contributed by atoms with Gasteiger partial charge in [-0.05, 0) is 44.2 Å². The van der Waals surface area contributed by atoms with Gasteiger partial charge in [0.15, 0.2) is 0 Å². The molecule has 6 nitrogen and oxygen atoms in total. The summed E-state index contributed by atoms with van der Waals surface area (Å²) in [6.07, 6.45) is 8.00. The molecule has 2 aromatic rings. The molecule has 0 spiro atoms. The van der Waals surface area contributed by atoms with Crippen molar-refractivity contribution >= 4 is 11.8 Å². The zero-order chi connectivity index (χ0) is 21.1. The molecule has 2 amide bonds. The van der Waals surface area contributed by atoms with Crippen LogP contribution in [0.1, 0.15) is 60.6 Å². The topological polar surface area (TPSA) is 58.4 Å². The summed E-state index contributed by atoms with van der Waals surface area (Å²) in [6.45, 7) is 6.55. The number of benzene rings is 1. The second kappa shape index (κ2) is 9.02. The summed E-state index contributed by atoms with van der Waals surface area (Å²) >= 11 is 0. The normalized spacial score (nSPS) is 17.5. The first-order valence-corrected chi connectivity index (χ1v) is 11.3. The highest BCUT2D eigenvalue weighted by Crippen LogP contribution is 2.28. The Bertz CT molecular complexity index is 888. The maximum absolute atomic E-state index is 13.2. The lowest BCUT2D eigenvalue weighted by molar-refractivity contribution is -0.133.